The van der Waals surface area contributed by atoms with Gasteiger partial charge in [-0.15, -0.1) is 0 Å². The third-order valence-electron chi connectivity index (χ3n) is 1.63. The zero-order chi connectivity index (χ0) is 11.3. The van der Waals surface area contributed by atoms with Crippen LogP contribution in [0.3, 0.4) is 0 Å². The molecule has 2 N–H and O–H groups in total. The molecule has 0 bridgehead atoms. The van der Waals surface area contributed by atoms with Gasteiger partial charge in [-0.05, 0) is 7.05 Å². The van der Waals surface area contributed by atoms with E-state index in [1.807, 2.05) is 0 Å². The van der Waals surface area contributed by atoms with Crippen LogP contribution >= 0.6 is 11.6 Å². The van der Waals surface area contributed by atoms with Gasteiger partial charge in [-0.1, -0.05) is 11.6 Å². The second-order valence-corrected chi connectivity index (χ2v) is 5.05. The van der Waals surface area contributed by atoms with Crippen molar-refractivity contribution in [3.8, 4) is 0 Å². The molecular weight excluding hydrogens is 240 g/mol. The summed E-state index contributed by atoms with van der Waals surface area (Å²) < 4.78 is 24.3. The highest BCUT2D eigenvalue weighted by Gasteiger charge is 2.07. The molecule has 0 aromatic carbocycles. The largest absolute Gasteiger partial charge is 0.366 e. The van der Waals surface area contributed by atoms with Crippen molar-refractivity contribution in [3.63, 3.8) is 0 Å². The minimum atomic E-state index is -3.21. The van der Waals surface area contributed by atoms with Crippen LogP contribution < -0.4 is 10.0 Å². The van der Waals surface area contributed by atoms with Crippen molar-refractivity contribution in [3.05, 3.63) is 17.5 Å². The third-order valence-corrected chi connectivity index (χ3v) is 3.27. The fourth-order valence-electron chi connectivity index (χ4n) is 0.845. The molecule has 84 valence electrons. The van der Waals surface area contributed by atoms with Gasteiger partial charge in [0, 0.05) is 18.9 Å². The van der Waals surface area contributed by atoms with Crippen molar-refractivity contribution in [2.45, 2.75) is 0 Å². The van der Waals surface area contributed by atoms with E-state index < -0.39 is 10.0 Å². The number of hydrogen-bond donors (Lipinski definition) is 2. The number of nitrogens with zero attached hydrogens (tertiary/aromatic N) is 2. The minimum Gasteiger partial charge on any atom is -0.366 e. The first-order valence-electron chi connectivity index (χ1n) is 4.17. The summed E-state index contributed by atoms with van der Waals surface area (Å²) in [5.41, 5.74) is 0. The molecule has 0 spiro atoms. The Bertz CT molecular complexity index is 423. The monoisotopic (exact) mass is 250 g/mol. The highest BCUT2D eigenvalue weighted by Crippen LogP contribution is 2.13. The van der Waals surface area contributed by atoms with Crippen molar-refractivity contribution in [2.24, 2.45) is 0 Å². The molecule has 1 aromatic heterocycles. The number of sulfonamides is 1. The molecule has 6 nitrogen and oxygen atoms in total. The molecule has 0 amide bonds. The molecule has 1 heterocycles. The van der Waals surface area contributed by atoms with E-state index in [0.29, 0.717) is 5.82 Å². The lowest BCUT2D eigenvalue weighted by molar-refractivity contribution is 0.588. The van der Waals surface area contributed by atoms with E-state index in [1.54, 1.807) is 0 Å². The first-order chi connectivity index (χ1) is 7.05. The predicted molar refractivity (Wildman–Crippen MR) is 58.4 cm³/mol. The van der Waals surface area contributed by atoms with Gasteiger partial charge in [-0.25, -0.2) is 23.1 Å². The van der Waals surface area contributed by atoms with Crippen LogP contribution in [0.4, 0.5) is 5.82 Å². The van der Waals surface area contributed by atoms with Gasteiger partial charge in [0.2, 0.25) is 10.0 Å². The number of hydrogen-bond acceptors (Lipinski definition) is 5. The summed E-state index contributed by atoms with van der Waals surface area (Å²) in [6.45, 7) is 0.224. The molecule has 0 saturated carbocycles. The van der Waals surface area contributed by atoms with E-state index in [-0.39, 0.29) is 17.5 Å². The number of halogens is 1. The Morgan fingerprint density at radius 3 is 2.67 bits per heavy atom. The van der Waals surface area contributed by atoms with Crippen molar-refractivity contribution in [1.29, 1.82) is 0 Å². The Labute approximate surface area is 93.1 Å². The topological polar surface area (TPSA) is 84.0 Å². The normalized spacial score (nSPS) is 11.3. The second-order valence-electron chi connectivity index (χ2n) is 2.65. The van der Waals surface area contributed by atoms with E-state index in [2.05, 4.69) is 20.0 Å². The smallest absolute Gasteiger partial charge is 0.213 e. The quantitative estimate of drug-likeness (QED) is 0.774. The highest BCUT2D eigenvalue weighted by atomic mass is 35.5. The summed E-state index contributed by atoms with van der Waals surface area (Å²) in [7, 11) is -1.84. The molecule has 0 aliphatic carbocycles. The SMILES string of the molecule is CNS(=O)(=O)CCNc1nccnc1Cl. The molecule has 1 rings (SSSR count). The maximum absolute atomic E-state index is 11.1. The van der Waals surface area contributed by atoms with E-state index >= 15 is 0 Å². The summed E-state index contributed by atoms with van der Waals surface area (Å²) in [5, 5.41) is 3.00. The maximum atomic E-state index is 11.1. The predicted octanol–water partition coefficient (Wildman–Crippen LogP) is 0.0911. The van der Waals surface area contributed by atoms with Crippen LogP contribution in [0.2, 0.25) is 5.15 Å². The van der Waals surface area contributed by atoms with Gasteiger partial charge in [0.25, 0.3) is 0 Å². The van der Waals surface area contributed by atoms with Crippen LogP contribution in [0.1, 0.15) is 0 Å². The zero-order valence-corrected chi connectivity index (χ0v) is 9.64. The fraction of sp³-hybridized carbons (Fsp3) is 0.429. The zero-order valence-electron chi connectivity index (χ0n) is 8.07. The molecule has 0 radical (unpaired) electrons. The molecule has 0 unspecified atom stereocenters. The maximum Gasteiger partial charge on any atom is 0.213 e. The van der Waals surface area contributed by atoms with Crippen LogP contribution in [0, 0.1) is 0 Å². The van der Waals surface area contributed by atoms with Crippen molar-refractivity contribution in [2.75, 3.05) is 24.7 Å². The molecule has 0 saturated heterocycles. The van der Waals surface area contributed by atoms with Gasteiger partial charge in [0.05, 0.1) is 5.75 Å². The molecule has 8 heteroatoms. The van der Waals surface area contributed by atoms with Gasteiger partial charge in [0.15, 0.2) is 11.0 Å². The summed E-state index contributed by atoms with van der Waals surface area (Å²) in [5.74, 6) is 0.335. The molecule has 1 aromatic rings. The van der Waals surface area contributed by atoms with E-state index in [0.717, 1.165) is 0 Å². The average molecular weight is 251 g/mol. The Morgan fingerprint density at radius 1 is 1.40 bits per heavy atom. The Hall–Kier alpha value is -0.920. The summed E-state index contributed by atoms with van der Waals surface area (Å²) in [6.07, 6.45) is 2.93. The molecule has 0 atom stereocenters. The minimum absolute atomic E-state index is 0.0452. The number of nitrogens with one attached hydrogen (secondary N) is 2. The first-order valence-corrected chi connectivity index (χ1v) is 6.20. The number of aromatic nitrogens is 2. The summed E-state index contributed by atoms with van der Waals surface area (Å²) in [4.78, 5) is 7.69. The average Bonchev–Trinajstić information content (AvgIpc) is 2.21. The Balaban J connectivity index is 2.49. The van der Waals surface area contributed by atoms with Gasteiger partial charge in [-0.3, -0.25) is 0 Å². The van der Waals surface area contributed by atoms with Crippen LogP contribution in [0.15, 0.2) is 12.4 Å². The number of anilines is 1. The highest BCUT2D eigenvalue weighted by molar-refractivity contribution is 7.89. The molecule has 0 aliphatic heterocycles. The molecule has 15 heavy (non-hydrogen) atoms. The number of rotatable bonds is 5. The lowest BCUT2D eigenvalue weighted by Gasteiger charge is -2.06. The van der Waals surface area contributed by atoms with Crippen molar-refractivity contribution in [1.82, 2.24) is 14.7 Å². The molecule has 0 aliphatic rings. The Morgan fingerprint density at radius 2 is 2.07 bits per heavy atom. The van der Waals surface area contributed by atoms with Crippen LogP contribution in [-0.4, -0.2) is 37.7 Å². The van der Waals surface area contributed by atoms with E-state index in [1.165, 1.54) is 19.4 Å². The fourth-order valence-corrected chi connectivity index (χ4v) is 1.59. The summed E-state index contributed by atoms with van der Waals surface area (Å²) >= 11 is 5.71. The van der Waals surface area contributed by atoms with Crippen LogP contribution in [0.25, 0.3) is 0 Å². The van der Waals surface area contributed by atoms with E-state index in [4.69, 9.17) is 11.6 Å². The lowest BCUT2D eigenvalue weighted by Crippen LogP contribution is -2.26. The van der Waals surface area contributed by atoms with Gasteiger partial charge in [0.1, 0.15) is 0 Å². The van der Waals surface area contributed by atoms with Crippen LogP contribution in [-0.2, 0) is 10.0 Å². The van der Waals surface area contributed by atoms with Gasteiger partial charge < -0.3 is 5.32 Å². The van der Waals surface area contributed by atoms with Crippen molar-refractivity contribution >= 4 is 27.4 Å². The Kier molecular flexibility index (Phi) is 4.25. The van der Waals surface area contributed by atoms with Gasteiger partial charge in [-0.2, -0.15) is 0 Å². The third kappa shape index (κ3) is 3.98. The standard InChI is InChI=1S/C7H11ClN4O2S/c1-9-15(13,14)5-4-12-7-6(8)10-2-3-11-7/h2-3,9H,4-5H2,1H3,(H,11,12). The second kappa shape index (κ2) is 5.24. The molecular formula is C7H11ClN4O2S. The lowest BCUT2D eigenvalue weighted by atomic mass is 10.6. The summed E-state index contributed by atoms with van der Waals surface area (Å²) in [6, 6.07) is 0. The van der Waals surface area contributed by atoms with Crippen molar-refractivity contribution < 1.29 is 8.42 Å². The first kappa shape index (κ1) is 12.2. The van der Waals surface area contributed by atoms with Crippen LogP contribution in [0.5, 0.6) is 0 Å². The molecule has 0 fully saturated rings. The van der Waals surface area contributed by atoms with Gasteiger partial charge >= 0.3 is 0 Å². The van der Waals surface area contributed by atoms with E-state index in [9.17, 15) is 8.42 Å².